The molecule has 2 nitrogen and oxygen atoms in total. The topological polar surface area (TPSA) is 17.8 Å². The van der Waals surface area contributed by atoms with Crippen LogP contribution in [0.25, 0.3) is 0 Å². The molecule has 0 aliphatic heterocycles. The van der Waals surface area contributed by atoms with E-state index < -0.39 is 17.4 Å². The third-order valence-electron chi connectivity index (χ3n) is 1.88. The quantitative estimate of drug-likeness (QED) is 0.690. The van der Waals surface area contributed by atoms with E-state index in [9.17, 15) is 13.2 Å². The van der Waals surface area contributed by atoms with E-state index in [0.29, 0.717) is 11.6 Å². The minimum Gasteiger partial charge on any atom is -0.206 e. The van der Waals surface area contributed by atoms with Gasteiger partial charge in [0.05, 0.1) is 0 Å². The molecular weight excluding hydrogens is 193 g/mol. The average molecular weight is 206 g/mol. The lowest BCUT2D eigenvalue weighted by atomic mass is 9.89. The second-order valence-electron chi connectivity index (χ2n) is 4.37. The highest BCUT2D eigenvalue weighted by molar-refractivity contribution is 5.17. The van der Waals surface area contributed by atoms with E-state index in [4.69, 9.17) is 0 Å². The van der Waals surface area contributed by atoms with Crippen molar-refractivity contribution in [1.82, 2.24) is 9.78 Å². The third-order valence-corrected chi connectivity index (χ3v) is 1.88. The Hall–Kier alpha value is -1.00. The minimum absolute atomic E-state index is 0.194. The molecule has 1 rings (SSSR count). The molecule has 0 aliphatic carbocycles. The van der Waals surface area contributed by atoms with E-state index in [1.807, 2.05) is 0 Å². The molecule has 0 atom stereocenters. The van der Waals surface area contributed by atoms with Crippen LogP contribution in [0, 0.1) is 5.95 Å². The molecule has 0 saturated carbocycles. The summed E-state index contributed by atoms with van der Waals surface area (Å²) in [6, 6.07) is -3.16. The highest BCUT2D eigenvalue weighted by Gasteiger charge is 2.30. The Bertz CT molecular complexity index is 331. The molecule has 0 aliphatic rings. The monoisotopic (exact) mass is 206 g/mol. The molecule has 14 heavy (non-hydrogen) atoms. The molecule has 1 aromatic rings. The number of halogens is 3. The zero-order chi connectivity index (χ0) is 11.1. The number of nitrogens with zero attached hydrogens (tertiary/aromatic N) is 2. The van der Waals surface area contributed by atoms with Gasteiger partial charge >= 0.3 is 6.05 Å². The first-order valence-electron chi connectivity index (χ1n) is 4.26. The van der Waals surface area contributed by atoms with Crippen LogP contribution >= 0.6 is 0 Å². The predicted octanol–water partition coefficient (Wildman–Crippen LogP) is 2.89. The molecular formula is C9H13F3N2. The maximum absolute atomic E-state index is 13.2. The Kier molecular flexibility index (Phi) is 2.37. The van der Waals surface area contributed by atoms with Gasteiger partial charge in [0.1, 0.15) is 0 Å². The van der Waals surface area contributed by atoms with E-state index in [1.165, 1.54) is 0 Å². The van der Waals surface area contributed by atoms with Crippen LogP contribution < -0.4 is 0 Å². The Labute approximate surface area is 80.7 Å². The standard InChI is InChI=1S/C9H13F3N2/c1-8(2,3)6-5-14(9(4,11)12)13-7(6)10/h5H,1-4H3. The van der Waals surface area contributed by atoms with E-state index >= 15 is 0 Å². The number of alkyl halides is 2. The number of hydrogen-bond donors (Lipinski definition) is 0. The zero-order valence-electron chi connectivity index (χ0n) is 8.61. The summed E-state index contributed by atoms with van der Waals surface area (Å²) in [5, 5.41) is 3.15. The van der Waals surface area contributed by atoms with Gasteiger partial charge < -0.3 is 0 Å². The van der Waals surface area contributed by atoms with E-state index in [1.54, 1.807) is 20.8 Å². The SMILES string of the molecule is CC(C)(C)c1cn(C(C)(F)F)nc1F. The summed E-state index contributed by atoms with van der Waals surface area (Å²) in [6.45, 7) is 5.90. The molecule has 0 saturated heterocycles. The van der Waals surface area contributed by atoms with Crippen molar-refractivity contribution >= 4 is 0 Å². The second kappa shape index (κ2) is 3.00. The maximum Gasteiger partial charge on any atom is 0.340 e. The lowest BCUT2D eigenvalue weighted by Gasteiger charge is -2.15. The summed E-state index contributed by atoms with van der Waals surface area (Å²) >= 11 is 0. The fourth-order valence-electron chi connectivity index (χ4n) is 1.06. The first-order chi connectivity index (χ1) is 6.12. The maximum atomic E-state index is 13.2. The normalized spacial score (nSPS) is 13.4. The van der Waals surface area contributed by atoms with Crippen LogP contribution in [0.15, 0.2) is 6.20 Å². The first-order valence-corrected chi connectivity index (χ1v) is 4.26. The van der Waals surface area contributed by atoms with Gasteiger partial charge in [-0.2, -0.15) is 13.2 Å². The van der Waals surface area contributed by atoms with E-state index in [2.05, 4.69) is 5.10 Å². The molecule has 1 heterocycles. The molecule has 0 fully saturated rings. The van der Waals surface area contributed by atoms with Crippen molar-refractivity contribution in [2.75, 3.05) is 0 Å². The lowest BCUT2D eigenvalue weighted by molar-refractivity contribution is -0.0734. The Balaban J connectivity index is 3.19. The fourth-order valence-corrected chi connectivity index (χ4v) is 1.06. The Morgan fingerprint density at radius 3 is 1.93 bits per heavy atom. The van der Waals surface area contributed by atoms with Gasteiger partial charge in [0, 0.05) is 18.7 Å². The highest BCUT2D eigenvalue weighted by Crippen LogP contribution is 2.27. The van der Waals surface area contributed by atoms with Crippen LogP contribution in [0.2, 0.25) is 0 Å². The van der Waals surface area contributed by atoms with E-state index in [-0.39, 0.29) is 5.56 Å². The van der Waals surface area contributed by atoms with Crippen molar-refractivity contribution in [2.45, 2.75) is 39.2 Å². The minimum atomic E-state index is -3.16. The summed E-state index contributed by atoms with van der Waals surface area (Å²) in [5.41, 5.74) is -0.327. The van der Waals surface area contributed by atoms with Gasteiger partial charge in [0.25, 0.3) is 0 Å². The molecule has 5 heteroatoms. The van der Waals surface area contributed by atoms with Crippen molar-refractivity contribution < 1.29 is 13.2 Å². The lowest BCUT2D eigenvalue weighted by Crippen LogP contribution is -2.19. The molecule has 1 aromatic heterocycles. The molecule has 0 aromatic carbocycles. The van der Waals surface area contributed by atoms with Gasteiger partial charge in [0.15, 0.2) is 0 Å². The molecule has 0 N–H and O–H groups in total. The average Bonchev–Trinajstić information content (AvgIpc) is 2.27. The van der Waals surface area contributed by atoms with Crippen molar-refractivity contribution in [3.63, 3.8) is 0 Å². The predicted molar refractivity (Wildman–Crippen MR) is 46.7 cm³/mol. The van der Waals surface area contributed by atoms with Gasteiger partial charge in [-0.15, -0.1) is 5.10 Å². The van der Waals surface area contributed by atoms with Gasteiger partial charge in [-0.3, -0.25) is 0 Å². The van der Waals surface area contributed by atoms with Crippen LogP contribution in [-0.2, 0) is 11.5 Å². The van der Waals surface area contributed by atoms with Crippen LogP contribution in [0.4, 0.5) is 13.2 Å². The van der Waals surface area contributed by atoms with Gasteiger partial charge in [-0.1, -0.05) is 20.8 Å². The number of aromatic nitrogens is 2. The molecule has 0 amide bonds. The summed E-state index contributed by atoms with van der Waals surface area (Å²) < 4.78 is 39.1. The summed E-state index contributed by atoms with van der Waals surface area (Å²) in [5.74, 6) is -0.834. The zero-order valence-corrected chi connectivity index (χ0v) is 8.61. The molecule has 0 unspecified atom stereocenters. The van der Waals surface area contributed by atoms with Crippen LogP contribution in [0.5, 0.6) is 0 Å². The summed E-state index contributed by atoms with van der Waals surface area (Å²) in [6.07, 6.45) is 1.05. The van der Waals surface area contributed by atoms with Crippen LogP contribution in [0.3, 0.4) is 0 Å². The molecule has 80 valence electrons. The van der Waals surface area contributed by atoms with Crippen molar-refractivity contribution in [1.29, 1.82) is 0 Å². The molecule has 0 radical (unpaired) electrons. The van der Waals surface area contributed by atoms with E-state index in [0.717, 1.165) is 6.20 Å². The molecule has 0 spiro atoms. The Morgan fingerprint density at radius 2 is 1.71 bits per heavy atom. The smallest absolute Gasteiger partial charge is 0.206 e. The summed E-state index contributed by atoms with van der Waals surface area (Å²) in [4.78, 5) is 0. The van der Waals surface area contributed by atoms with Gasteiger partial charge in [-0.05, 0) is 5.41 Å². The first kappa shape index (κ1) is 11.1. The van der Waals surface area contributed by atoms with Crippen LogP contribution in [-0.4, -0.2) is 9.78 Å². The van der Waals surface area contributed by atoms with Crippen molar-refractivity contribution in [3.8, 4) is 0 Å². The second-order valence-corrected chi connectivity index (χ2v) is 4.37. The fraction of sp³-hybridized carbons (Fsp3) is 0.667. The number of hydrogen-bond acceptors (Lipinski definition) is 1. The Morgan fingerprint density at radius 1 is 1.21 bits per heavy atom. The van der Waals surface area contributed by atoms with Crippen molar-refractivity contribution in [2.24, 2.45) is 0 Å². The summed E-state index contributed by atoms with van der Waals surface area (Å²) in [7, 11) is 0. The highest BCUT2D eigenvalue weighted by atomic mass is 19.3. The largest absolute Gasteiger partial charge is 0.340 e. The number of rotatable bonds is 1. The third kappa shape index (κ3) is 2.08. The van der Waals surface area contributed by atoms with Crippen molar-refractivity contribution in [3.05, 3.63) is 17.7 Å². The van der Waals surface area contributed by atoms with Crippen LogP contribution in [0.1, 0.15) is 33.3 Å². The van der Waals surface area contributed by atoms with Gasteiger partial charge in [0.2, 0.25) is 5.95 Å². The van der Waals surface area contributed by atoms with Gasteiger partial charge in [-0.25, -0.2) is 4.68 Å². The molecule has 0 bridgehead atoms.